The van der Waals surface area contributed by atoms with E-state index in [1.54, 1.807) is 0 Å². The lowest BCUT2D eigenvalue weighted by molar-refractivity contribution is -0.144. The van der Waals surface area contributed by atoms with Gasteiger partial charge in [-0.3, -0.25) is 14.7 Å². The molecule has 0 aromatic carbocycles. The van der Waals surface area contributed by atoms with Crippen LogP contribution in [0.1, 0.15) is 39.0 Å². The first-order valence-electron chi connectivity index (χ1n) is 7.45. The van der Waals surface area contributed by atoms with Crippen LogP contribution in [0.15, 0.2) is 0 Å². The lowest BCUT2D eigenvalue weighted by Crippen LogP contribution is -2.37. The van der Waals surface area contributed by atoms with E-state index in [1.807, 2.05) is 13.0 Å². The molecule has 2 atom stereocenters. The third-order valence-corrected chi connectivity index (χ3v) is 6.41. The topological polar surface area (TPSA) is 97.7 Å². The van der Waals surface area contributed by atoms with E-state index in [4.69, 9.17) is 26.3 Å². The van der Waals surface area contributed by atoms with Crippen LogP contribution < -0.4 is 5.09 Å². The molecular formula is C14H25N2O5PS. The molecule has 0 bridgehead atoms. The molecule has 7 nitrogen and oxygen atoms in total. The highest BCUT2D eigenvalue weighted by molar-refractivity contribution is 8.11. The van der Waals surface area contributed by atoms with Crippen LogP contribution in [0.3, 0.4) is 0 Å². The van der Waals surface area contributed by atoms with Crippen molar-refractivity contribution in [3.8, 4) is 6.07 Å². The summed E-state index contributed by atoms with van der Waals surface area (Å²) in [6.07, 6.45) is 0.437. The molecule has 0 fully saturated rings. The SMILES string of the molecule is CCCCP(=S)(N[C@@H](CCC(=O)OC)C(=O)OC)OCCC#N. The number of ether oxygens (including phenoxy) is 2. The zero-order chi connectivity index (χ0) is 17.7. The molecule has 0 aromatic heterocycles. The molecule has 9 heteroatoms. The first-order chi connectivity index (χ1) is 10.9. The van der Waals surface area contributed by atoms with Crippen LogP contribution >= 0.6 is 6.42 Å². The average Bonchev–Trinajstić information content (AvgIpc) is 2.56. The second-order valence-corrected chi connectivity index (χ2v) is 8.89. The molecule has 0 saturated heterocycles. The van der Waals surface area contributed by atoms with Crippen molar-refractivity contribution in [1.29, 1.82) is 5.26 Å². The van der Waals surface area contributed by atoms with Gasteiger partial charge in [0.05, 0.1) is 33.3 Å². The van der Waals surface area contributed by atoms with Gasteiger partial charge in [0.15, 0.2) is 0 Å². The zero-order valence-electron chi connectivity index (χ0n) is 13.9. The molecule has 0 radical (unpaired) electrons. The van der Waals surface area contributed by atoms with Crippen molar-refractivity contribution in [3.63, 3.8) is 0 Å². The maximum atomic E-state index is 11.9. The fourth-order valence-electron chi connectivity index (χ4n) is 1.75. The van der Waals surface area contributed by atoms with Crippen LogP contribution in [0, 0.1) is 11.3 Å². The highest BCUT2D eigenvalue weighted by Crippen LogP contribution is 2.44. The Labute approximate surface area is 142 Å². The highest BCUT2D eigenvalue weighted by Gasteiger charge is 2.28. The minimum atomic E-state index is -2.48. The molecule has 0 aliphatic carbocycles. The van der Waals surface area contributed by atoms with Crippen LogP contribution in [-0.2, 0) is 35.4 Å². The third kappa shape index (κ3) is 9.67. The van der Waals surface area contributed by atoms with E-state index in [2.05, 4.69) is 9.82 Å². The van der Waals surface area contributed by atoms with E-state index in [-0.39, 0.29) is 25.9 Å². The lowest BCUT2D eigenvalue weighted by atomic mass is 10.2. The van der Waals surface area contributed by atoms with Crippen molar-refractivity contribution in [3.05, 3.63) is 0 Å². The van der Waals surface area contributed by atoms with Gasteiger partial charge in [-0.2, -0.15) is 5.26 Å². The Morgan fingerprint density at radius 1 is 1.35 bits per heavy atom. The number of rotatable bonds is 12. The van der Waals surface area contributed by atoms with Crippen molar-refractivity contribution < 1.29 is 23.6 Å². The minimum absolute atomic E-state index is 0.0740. The maximum absolute atomic E-state index is 11.9. The molecule has 132 valence electrons. The lowest BCUT2D eigenvalue weighted by Gasteiger charge is -2.27. The Morgan fingerprint density at radius 2 is 2.04 bits per heavy atom. The molecule has 0 amide bonds. The third-order valence-electron chi connectivity index (χ3n) is 3.02. The summed E-state index contributed by atoms with van der Waals surface area (Å²) < 4.78 is 15.0. The number of esters is 2. The number of carbonyl (C=O) groups excluding carboxylic acids is 2. The second-order valence-electron chi connectivity index (χ2n) is 4.81. The maximum Gasteiger partial charge on any atom is 0.323 e. The van der Waals surface area contributed by atoms with E-state index in [0.29, 0.717) is 6.16 Å². The van der Waals surface area contributed by atoms with Gasteiger partial charge in [-0.1, -0.05) is 25.2 Å². The predicted octanol–water partition coefficient (Wildman–Crippen LogP) is 2.11. The Balaban J connectivity index is 4.94. The summed E-state index contributed by atoms with van der Waals surface area (Å²) in [5.74, 6) is -0.906. The number of methoxy groups -OCH3 is 2. The Bertz CT molecular complexity index is 467. The van der Waals surface area contributed by atoms with Crippen LogP contribution in [-0.4, -0.2) is 45.0 Å². The van der Waals surface area contributed by atoms with Gasteiger partial charge in [-0.15, -0.1) is 0 Å². The Kier molecular flexibility index (Phi) is 11.9. The molecule has 0 saturated carbocycles. The summed E-state index contributed by atoms with van der Waals surface area (Å²) >= 11 is 5.58. The summed E-state index contributed by atoms with van der Waals surface area (Å²) in [5, 5.41) is 11.7. The van der Waals surface area contributed by atoms with Crippen molar-refractivity contribution in [2.75, 3.05) is 27.0 Å². The van der Waals surface area contributed by atoms with Crippen molar-refractivity contribution >= 4 is 30.2 Å². The molecule has 0 aliphatic rings. The van der Waals surface area contributed by atoms with E-state index in [0.717, 1.165) is 12.8 Å². The molecule has 23 heavy (non-hydrogen) atoms. The van der Waals surface area contributed by atoms with Gasteiger partial charge in [0.2, 0.25) is 0 Å². The van der Waals surface area contributed by atoms with Gasteiger partial charge in [0, 0.05) is 12.6 Å². The van der Waals surface area contributed by atoms with Gasteiger partial charge in [-0.25, -0.2) is 0 Å². The fraction of sp³-hybridized carbons (Fsp3) is 0.786. The molecular weight excluding hydrogens is 339 g/mol. The molecule has 0 heterocycles. The standard InChI is InChI=1S/C14H25N2O5PS/c1-4-5-11-22(23,21-10-6-9-15)16-12(14(18)20-3)7-8-13(17)19-2/h12H,4-8,10-11H2,1-3H3,(H,16,23)/t12-,22?/m0/s1. The minimum Gasteiger partial charge on any atom is -0.469 e. The molecule has 1 N–H and O–H groups in total. The van der Waals surface area contributed by atoms with E-state index in [1.165, 1.54) is 14.2 Å². The molecule has 1 unspecified atom stereocenters. The number of hydrogen-bond donors (Lipinski definition) is 1. The number of nitriles is 1. The first kappa shape index (κ1) is 22.0. The van der Waals surface area contributed by atoms with E-state index < -0.39 is 24.4 Å². The number of nitrogens with zero attached hydrogens (tertiary/aromatic N) is 1. The van der Waals surface area contributed by atoms with Crippen molar-refractivity contribution in [1.82, 2.24) is 5.09 Å². The molecule has 0 aromatic rings. The molecule has 0 aliphatic heterocycles. The smallest absolute Gasteiger partial charge is 0.323 e. The Morgan fingerprint density at radius 3 is 2.57 bits per heavy atom. The summed E-state index contributed by atoms with van der Waals surface area (Å²) in [7, 11) is 2.57. The largest absolute Gasteiger partial charge is 0.469 e. The quantitative estimate of drug-likeness (QED) is 0.319. The zero-order valence-corrected chi connectivity index (χ0v) is 15.6. The van der Waals surface area contributed by atoms with E-state index >= 15 is 0 Å². The highest BCUT2D eigenvalue weighted by atomic mass is 32.4. The number of unbranched alkanes of at least 4 members (excludes halogenated alkanes) is 1. The number of nitrogens with one attached hydrogen (secondary N) is 1. The molecule has 0 rings (SSSR count). The summed E-state index contributed by atoms with van der Waals surface area (Å²) in [4.78, 5) is 23.2. The summed E-state index contributed by atoms with van der Waals surface area (Å²) in [6, 6.07) is 1.26. The summed E-state index contributed by atoms with van der Waals surface area (Å²) in [5.41, 5.74) is 0. The average molecular weight is 364 g/mol. The van der Waals surface area contributed by atoms with Crippen LogP contribution in [0.5, 0.6) is 0 Å². The van der Waals surface area contributed by atoms with Crippen LogP contribution in [0.2, 0.25) is 0 Å². The Hall–Kier alpha value is -1.00. The second kappa shape index (κ2) is 12.4. The van der Waals surface area contributed by atoms with Crippen molar-refractivity contribution in [2.45, 2.75) is 45.1 Å². The predicted molar refractivity (Wildman–Crippen MR) is 90.4 cm³/mol. The number of carbonyl (C=O) groups is 2. The van der Waals surface area contributed by atoms with Crippen LogP contribution in [0.4, 0.5) is 0 Å². The van der Waals surface area contributed by atoms with Gasteiger partial charge in [-0.05, 0) is 12.8 Å². The van der Waals surface area contributed by atoms with Gasteiger partial charge >= 0.3 is 11.9 Å². The van der Waals surface area contributed by atoms with Gasteiger partial charge in [0.25, 0.3) is 0 Å². The van der Waals surface area contributed by atoms with Crippen LogP contribution in [0.25, 0.3) is 0 Å². The molecule has 0 spiro atoms. The first-order valence-corrected chi connectivity index (χ1v) is 10.4. The number of hydrogen-bond acceptors (Lipinski definition) is 7. The van der Waals surface area contributed by atoms with Gasteiger partial charge < -0.3 is 14.0 Å². The van der Waals surface area contributed by atoms with Crippen molar-refractivity contribution in [2.24, 2.45) is 0 Å². The van der Waals surface area contributed by atoms with E-state index in [9.17, 15) is 9.59 Å². The normalized spacial score (nSPS) is 14.3. The fourth-order valence-corrected chi connectivity index (χ4v) is 4.90. The monoisotopic (exact) mass is 364 g/mol. The summed E-state index contributed by atoms with van der Waals surface area (Å²) in [6.45, 7) is 2.25. The van der Waals surface area contributed by atoms with Gasteiger partial charge in [0.1, 0.15) is 12.5 Å².